The number of nitrogen functional groups attached to an aromatic ring is 1. The van der Waals surface area contributed by atoms with Crippen molar-refractivity contribution in [2.75, 3.05) is 30.8 Å². The Morgan fingerprint density at radius 3 is 2.58 bits per heavy atom. The fraction of sp³-hybridized carbons (Fsp3) is 0.579. The zero-order chi connectivity index (χ0) is 19.1. The first kappa shape index (κ1) is 18.4. The van der Waals surface area contributed by atoms with E-state index in [4.69, 9.17) is 10.5 Å². The minimum absolute atomic E-state index is 0.194. The van der Waals surface area contributed by atoms with Gasteiger partial charge in [0.15, 0.2) is 0 Å². The van der Waals surface area contributed by atoms with Crippen LogP contribution >= 0.6 is 0 Å². The predicted octanol–water partition coefficient (Wildman–Crippen LogP) is 2.99. The Morgan fingerprint density at radius 2 is 1.96 bits per heavy atom. The van der Waals surface area contributed by atoms with Crippen LogP contribution in [0, 0.1) is 0 Å². The predicted molar refractivity (Wildman–Crippen MR) is 104 cm³/mol. The Morgan fingerprint density at radius 1 is 1.31 bits per heavy atom. The number of nitrogens with zero attached hydrogens (tertiary/aromatic N) is 4. The van der Waals surface area contributed by atoms with Gasteiger partial charge in [-0.3, -0.25) is 4.68 Å². The lowest BCUT2D eigenvalue weighted by molar-refractivity contribution is 0.0201. The topological polar surface area (TPSA) is 76.6 Å². The standard InChI is InChI=1S/C19H29N5O2/c1-19(2,3)26-18(25)23(5)13-8-10-24(11-9-13)16-7-6-15(20)17-14(16)12-22(4)21-17/h6-7,12-13H,8-11,20H2,1-5H3. The molecular weight excluding hydrogens is 330 g/mol. The number of hydrogen-bond acceptors (Lipinski definition) is 5. The average Bonchev–Trinajstić information content (AvgIpc) is 2.95. The van der Waals surface area contributed by atoms with Crippen LogP contribution in [0.4, 0.5) is 16.2 Å². The summed E-state index contributed by atoms with van der Waals surface area (Å²) in [4.78, 5) is 16.4. The number of fused-ring (bicyclic) bond motifs is 1. The minimum Gasteiger partial charge on any atom is -0.444 e. The summed E-state index contributed by atoms with van der Waals surface area (Å²) in [5, 5.41) is 5.54. The van der Waals surface area contributed by atoms with Crippen molar-refractivity contribution in [2.45, 2.75) is 45.3 Å². The van der Waals surface area contributed by atoms with Crippen molar-refractivity contribution in [2.24, 2.45) is 7.05 Å². The Balaban J connectivity index is 1.69. The van der Waals surface area contributed by atoms with Gasteiger partial charge in [0.1, 0.15) is 11.1 Å². The van der Waals surface area contributed by atoms with Gasteiger partial charge in [0.2, 0.25) is 0 Å². The molecule has 7 heteroatoms. The van der Waals surface area contributed by atoms with E-state index in [1.165, 1.54) is 0 Å². The summed E-state index contributed by atoms with van der Waals surface area (Å²) in [7, 11) is 3.74. The third-order valence-electron chi connectivity index (χ3n) is 4.83. The normalized spacial score (nSPS) is 16.1. The highest BCUT2D eigenvalue weighted by atomic mass is 16.6. The number of carbonyl (C=O) groups excluding carboxylic acids is 1. The zero-order valence-corrected chi connectivity index (χ0v) is 16.3. The second kappa shape index (κ2) is 6.70. The Labute approximate surface area is 154 Å². The van der Waals surface area contributed by atoms with Crippen molar-refractivity contribution in [3.05, 3.63) is 18.3 Å². The fourth-order valence-corrected chi connectivity index (χ4v) is 3.48. The molecule has 1 aliphatic heterocycles. The molecule has 2 N–H and O–H groups in total. The number of aromatic nitrogens is 2. The molecule has 1 aliphatic rings. The summed E-state index contributed by atoms with van der Waals surface area (Å²) in [6.07, 6.45) is 3.57. The number of carbonyl (C=O) groups is 1. The lowest BCUT2D eigenvalue weighted by Crippen LogP contribution is -2.47. The third kappa shape index (κ3) is 3.71. The molecule has 0 spiro atoms. The van der Waals surface area contributed by atoms with E-state index in [1.807, 2.05) is 47.1 Å². The first-order chi connectivity index (χ1) is 12.2. The molecule has 1 amide bonds. The summed E-state index contributed by atoms with van der Waals surface area (Å²) in [6.45, 7) is 7.43. The first-order valence-electron chi connectivity index (χ1n) is 9.08. The number of hydrogen-bond donors (Lipinski definition) is 1. The van der Waals surface area contributed by atoms with Gasteiger partial charge in [-0.2, -0.15) is 5.10 Å². The molecule has 1 saturated heterocycles. The summed E-state index contributed by atoms with van der Waals surface area (Å²) in [5.74, 6) is 0. The second-order valence-electron chi connectivity index (χ2n) is 8.05. The monoisotopic (exact) mass is 359 g/mol. The van der Waals surface area contributed by atoms with E-state index in [2.05, 4.69) is 16.1 Å². The van der Waals surface area contributed by atoms with Crippen LogP contribution < -0.4 is 10.6 Å². The van der Waals surface area contributed by atoms with Crippen LogP contribution in [0.3, 0.4) is 0 Å². The van der Waals surface area contributed by atoms with Crippen LogP contribution in [0.5, 0.6) is 0 Å². The summed E-state index contributed by atoms with van der Waals surface area (Å²) >= 11 is 0. The molecule has 0 aliphatic carbocycles. The highest BCUT2D eigenvalue weighted by Gasteiger charge is 2.29. The van der Waals surface area contributed by atoms with Crippen molar-refractivity contribution < 1.29 is 9.53 Å². The van der Waals surface area contributed by atoms with Crippen LogP contribution in [0.1, 0.15) is 33.6 Å². The number of benzene rings is 1. The maximum Gasteiger partial charge on any atom is 0.410 e. The molecule has 0 radical (unpaired) electrons. The van der Waals surface area contributed by atoms with Crippen molar-refractivity contribution in [1.82, 2.24) is 14.7 Å². The summed E-state index contributed by atoms with van der Waals surface area (Å²) in [5.41, 5.74) is 8.29. The van der Waals surface area contributed by atoms with Gasteiger partial charge >= 0.3 is 6.09 Å². The van der Waals surface area contributed by atoms with E-state index in [9.17, 15) is 4.79 Å². The Bertz CT molecular complexity index is 800. The molecule has 2 aromatic rings. The van der Waals surface area contributed by atoms with E-state index in [-0.39, 0.29) is 12.1 Å². The number of aryl methyl sites for hydroxylation is 1. The van der Waals surface area contributed by atoms with Crippen molar-refractivity contribution in [3.8, 4) is 0 Å². The summed E-state index contributed by atoms with van der Waals surface area (Å²) in [6, 6.07) is 4.18. The van der Waals surface area contributed by atoms with Gasteiger partial charge in [-0.1, -0.05) is 0 Å². The van der Waals surface area contributed by atoms with Crippen LogP contribution in [0.25, 0.3) is 10.9 Å². The lowest BCUT2D eigenvalue weighted by Gasteiger charge is -2.38. The van der Waals surface area contributed by atoms with E-state index < -0.39 is 5.60 Å². The molecule has 142 valence electrons. The lowest BCUT2D eigenvalue weighted by atomic mass is 10.0. The molecule has 3 rings (SSSR count). The molecule has 2 heterocycles. The maximum atomic E-state index is 12.3. The zero-order valence-electron chi connectivity index (χ0n) is 16.3. The molecule has 0 bridgehead atoms. The van der Waals surface area contributed by atoms with Gasteiger partial charge < -0.3 is 20.3 Å². The highest BCUT2D eigenvalue weighted by Crippen LogP contribution is 2.32. The molecule has 1 aromatic carbocycles. The number of anilines is 2. The van der Waals surface area contributed by atoms with E-state index in [0.717, 1.165) is 42.5 Å². The van der Waals surface area contributed by atoms with Gasteiger partial charge in [-0.05, 0) is 45.7 Å². The number of ether oxygens (including phenoxy) is 1. The number of rotatable bonds is 2. The molecule has 0 atom stereocenters. The van der Waals surface area contributed by atoms with Gasteiger partial charge in [0.05, 0.1) is 5.69 Å². The van der Waals surface area contributed by atoms with E-state index >= 15 is 0 Å². The molecule has 7 nitrogen and oxygen atoms in total. The quantitative estimate of drug-likeness (QED) is 0.834. The van der Waals surface area contributed by atoms with Crippen LogP contribution in [-0.2, 0) is 11.8 Å². The Kier molecular flexibility index (Phi) is 4.73. The van der Waals surface area contributed by atoms with Gasteiger partial charge in [-0.25, -0.2) is 4.79 Å². The smallest absolute Gasteiger partial charge is 0.410 e. The van der Waals surface area contributed by atoms with Crippen molar-refractivity contribution >= 4 is 28.4 Å². The number of piperidine rings is 1. The first-order valence-corrected chi connectivity index (χ1v) is 9.08. The average molecular weight is 359 g/mol. The molecule has 1 fully saturated rings. The third-order valence-corrected chi connectivity index (χ3v) is 4.83. The highest BCUT2D eigenvalue weighted by molar-refractivity contribution is 5.98. The molecule has 26 heavy (non-hydrogen) atoms. The molecule has 0 saturated carbocycles. The van der Waals surface area contributed by atoms with Crippen LogP contribution in [0.2, 0.25) is 0 Å². The molecule has 0 unspecified atom stereocenters. The maximum absolute atomic E-state index is 12.3. The van der Waals surface area contributed by atoms with E-state index in [0.29, 0.717) is 5.69 Å². The largest absolute Gasteiger partial charge is 0.444 e. The van der Waals surface area contributed by atoms with Gasteiger partial charge in [-0.15, -0.1) is 0 Å². The Hall–Kier alpha value is -2.44. The van der Waals surface area contributed by atoms with Gasteiger partial charge in [0, 0.05) is 50.5 Å². The van der Waals surface area contributed by atoms with Crippen molar-refractivity contribution in [1.29, 1.82) is 0 Å². The summed E-state index contributed by atoms with van der Waals surface area (Å²) < 4.78 is 7.29. The second-order valence-corrected chi connectivity index (χ2v) is 8.05. The number of nitrogens with two attached hydrogens (primary N) is 1. The fourth-order valence-electron chi connectivity index (χ4n) is 3.48. The van der Waals surface area contributed by atoms with Crippen LogP contribution in [0.15, 0.2) is 18.3 Å². The van der Waals surface area contributed by atoms with E-state index in [1.54, 1.807) is 9.58 Å². The SMILES string of the molecule is CN(C(=O)OC(C)(C)C)C1CCN(c2ccc(N)c3nn(C)cc23)CC1. The molecular formula is C19H29N5O2. The van der Waals surface area contributed by atoms with Gasteiger partial charge in [0.25, 0.3) is 0 Å². The molecule has 1 aromatic heterocycles. The number of amides is 1. The van der Waals surface area contributed by atoms with Crippen molar-refractivity contribution in [3.63, 3.8) is 0 Å². The van der Waals surface area contributed by atoms with Crippen LogP contribution in [-0.4, -0.2) is 52.6 Å². The minimum atomic E-state index is -0.470.